The van der Waals surface area contributed by atoms with Crippen molar-refractivity contribution in [3.63, 3.8) is 0 Å². The zero-order valence-electron chi connectivity index (χ0n) is 40.2. The number of rotatable bonds is 50. The second kappa shape index (κ2) is 48.2. The van der Waals surface area contributed by atoms with E-state index >= 15 is 0 Å². The van der Waals surface area contributed by atoms with Crippen LogP contribution in [-0.2, 0) is 32.7 Å². The third-order valence-corrected chi connectivity index (χ3v) is 12.6. The van der Waals surface area contributed by atoms with Crippen molar-refractivity contribution in [2.45, 2.75) is 277 Å². The third kappa shape index (κ3) is 48.1. The first kappa shape index (κ1) is 59.8. The average Bonchev–Trinajstić information content (AvgIpc) is 3.25. The quantitative estimate of drug-likeness (QED) is 0.0265. The van der Waals surface area contributed by atoms with E-state index in [0.29, 0.717) is 6.42 Å². The molecule has 9 nitrogen and oxygen atoms in total. The molecule has 0 radical (unpaired) electrons. The molecule has 0 saturated carbocycles. The fourth-order valence-corrected chi connectivity index (χ4v) is 8.52. The van der Waals surface area contributed by atoms with Gasteiger partial charge in [0.15, 0.2) is 6.10 Å². The average molecular weight is 886 g/mol. The second-order valence-corrected chi connectivity index (χ2v) is 19.2. The van der Waals surface area contributed by atoms with Crippen molar-refractivity contribution in [1.29, 1.82) is 0 Å². The van der Waals surface area contributed by atoms with Gasteiger partial charge in [-0.25, -0.2) is 4.57 Å². The highest BCUT2D eigenvalue weighted by Gasteiger charge is 2.26. The molecule has 0 saturated heterocycles. The lowest BCUT2D eigenvalue weighted by molar-refractivity contribution is -0.161. The molecular formula is C51H100NO8P. The van der Waals surface area contributed by atoms with Gasteiger partial charge in [0.1, 0.15) is 6.61 Å². The minimum absolute atomic E-state index is 0.0566. The Kier molecular flexibility index (Phi) is 47.2. The minimum atomic E-state index is -4.38. The molecule has 0 amide bonds. The van der Waals surface area contributed by atoms with Crippen molar-refractivity contribution in [3.05, 3.63) is 12.2 Å². The van der Waals surface area contributed by atoms with Crippen molar-refractivity contribution in [1.82, 2.24) is 0 Å². The molecule has 0 fully saturated rings. The summed E-state index contributed by atoms with van der Waals surface area (Å²) in [6.07, 6.45) is 52.5. The molecule has 61 heavy (non-hydrogen) atoms. The van der Waals surface area contributed by atoms with Gasteiger partial charge in [0.2, 0.25) is 0 Å². The van der Waals surface area contributed by atoms with Crippen LogP contribution in [0.3, 0.4) is 0 Å². The third-order valence-electron chi connectivity index (χ3n) is 11.7. The molecule has 0 aromatic rings. The molecule has 362 valence electrons. The summed E-state index contributed by atoms with van der Waals surface area (Å²) in [5.74, 6) is -0.811. The van der Waals surface area contributed by atoms with Gasteiger partial charge in [-0.1, -0.05) is 231 Å². The smallest absolute Gasteiger partial charge is 0.462 e. The summed E-state index contributed by atoms with van der Waals surface area (Å²) in [5.41, 5.74) is 5.37. The Balaban J connectivity index is 4.00. The van der Waals surface area contributed by atoms with Crippen LogP contribution in [0.1, 0.15) is 271 Å². The van der Waals surface area contributed by atoms with Gasteiger partial charge in [-0.05, 0) is 38.5 Å². The number of phosphoric ester groups is 1. The first-order valence-corrected chi connectivity index (χ1v) is 27.7. The largest absolute Gasteiger partial charge is 0.472 e. The van der Waals surface area contributed by atoms with Crippen LogP contribution in [0.5, 0.6) is 0 Å². The molecule has 0 aromatic heterocycles. The lowest BCUT2D eigenvalue weighted by atomic mass is 10.0. The Morgan fingerprint density at radius 2 is 0.803 bits per heavy atom. The topological polar surface area (TPSA) is 134 Å². The van der Waals surface area contributed by atoms with Crippen LogP contribution in [0, 0.1) is 0 Å². The van der Waals surface area contributed by atoms with E-state index in [2.05, 4.69) is 26.0 Å². The molecule has 2 atom stereocenters. The van der Waals surface area contributed by atoms with Crippen LogP contribution in [0.25, 0.3) is 0 Å². The van der Waals surface area contributed by atoms with Crippen LogP contribution in [0.4, 0.5) is 0 Å². The molecular weight excluding hydrogens is 786 g/mol. The SMILES string of the molecule is CCCCCCCCC=CCCCCCCCCCCCCCC(=O)O[C@H](COC(=O)CCCCCCCCCCCCCCCCCCCCC)COP(=O)(O)OCCN. The maximum Gasteiger partial charge on any atom is 0.472 e. The Bertz CT molecular complexity index is 1010. The summed E-state index contributed by atoms with van der Waals surface area (Å²) < 4.78 is 33.0. The molecule has 0 spiro atoms. The summed E-state index contributed by atoms with van der Waals surface area (Å²) in [5, 5.41) is 0. The summed E-state index contributed by atoms with van der Waals surface area (Å²) in [4.78, 5) is 35.1. The van der Waals surface area contributed by atoms with Gasteiger partial charge in [-0.2, -0.15) is 0 Å². The molecule has 0 bridgehead atoms. The number of nitrogens with two attached hydrogens (primary N) is 1. The molecule has 10 heteroatoms. The second-order valence-electron chi connectivity index (χ2n) is 17.8. The van der Waals surface area contributed by atoms with E-state index in [9.17, 15) is 19.0 Å². The number of esters is 2. The van der Waals surface area contributed by atoms with E-state index in [-0.39, 0.29) is 38.6 Å². The Morgan fingerprint density at radius 1 is 0.475 bits per heavy atom. The highest BCUT2D eigenvalue weighted by atomic mass is 31.2. The van der Waals surface area contributed by atoms with Gasteiger partial charge in [0.05, 0.1) is 13.2 Å². The van der Waals surface area contributed by atoms with Crippen LogP contribution in [0.2, 0.25) is 0 Å². The van der Waals surface area contributed by atoms with E-state index in [0.717, 1.165) is 32.1 Å². The van der Waals surface area contributed by atoms with Crippen LogP contribution in [-0.4, -0.2) is 49.3 Å². The van der Waals surface area contributed by atoms with E-state index in [1.807, 2.05) is 0 Å². The Hall–Kier alpha value is -1.25. The first-order chi connectivity index (χ1) is 29.8. The highest BCUT2D eigenvalue weighted by molar-refractivity contribution is 7.47. The molecule has 0 heterocycles. The van der Waals surface area contributed by atoms with Crippen molar-refractivity contribution in [3.8, 4) is 0 Å². The number of unbranched alkanes of at least 4 members (excludes halogenated alkanes) is 35. The number of ether oxygens (including phenoxy) is 2. The number of hydrogen-bond acceptors (Lipinski definition) is 8. The van der Waals surface area contributed by atoms with E-state index in [4.69, 9.17) is 24.3 Å². The van der Waals surface area contributed by atoms with E-state index in [1.165, 1.54) is 205 Å². The molecule has 3 N–H and O–H groups in total. The summed E-state index contributed by atoms with van der Waals surface area (Å²) in [6, 6.07) is 0. The predicted molar refractivity (Wildman–Crippen MR) is 257 cm³/mol. The highest BCUT2D eigenvalue weighted by Crippen LogP contribution is 2.43. The molecule has 0 aliphatic carbocycles. The fourth-order valence-electron chi connectivity index (χ4n) is 7.75. The lowest BCUT2D eigenvalue weighted by Gasteiger charge is -2.19. The Morgan fingerprint density at radius 3 is 1.16 bits per heavy atom. The predicted octanol–water partition coefficient (Wildman–Crippen LogP) is 15.7. The minimum Gasteiger partial charge on any atom is -0.462 e. The molecule has 0 aliphatic rings. The van der Waals surface area contributed by atoms with Crippen LogP contribution < -0.4 is 5.73 Å². The van der Waals surface area contributed by atoms with Crippen molar-refractivity contribution >= 4 is 19.8 Å². The number of allylic oxidation sites excluding steroid dienone is 2. The summed E-state index contributed by atoms with van der Waals surface area (Å²) in [7, 11) is -4.38. The molecule has 1 unspecified atom stereocenters. The first-order valence-electron chi connectivity index (χ1n) is 26.2. The number of phosphoric acid groups is 1. The lowest BCUT2D eigenvalue weighted by Crippen LogP contribution is -2.29. The molecule has 0 rings (SSSR count). The fraction of sp³-hybridized carbons (Fsp3) is 0.922. The number of carbonyl (C=O) groups is 2. The zero-order valence-corrected chi connectivity index (χ0v) is 41.1. The van der Waals surface area contributed by atoms with E-state index < -0.39 is 26.5 Å². The monoisotopic (exact) mass is 886 g/mol. The number of carbonyl (C=O) groups excluding carboxylic acids is 2. The van der Waals surface area contributed by atoms with E-state index in [1.54, 1.807) is 0 Å². The van der Waals surface area contributed by atoms with Gasteiger partial charge in [0.25, 0.3) is 0 Å². The van der Waals surface area contributed by atoms with Crippen molar-refractivity contribution in [2.24, 2.45) is 5.73 Å². The van der Waals surface area contributed by atoms with Gasteiger partial charge in [0, 0.05) is 19.4 Å². The van der Waals surface area contributed by atoms with Crippen molar-refractivity contribution < 1.29 is 37.6 Å². The molecule has 0 aliphatic heterocycles. The van der Waals surface area contributed by atoms with Gasteiger partial charge in [-0.3, -0.25) is 18.6 Å². The van der Waals surface area contributed by atoms with Gasteiger partial charge < -0.3 is 20.1 Å². The standard InChI is InChI=1S/C51H100NO8P/c1-3-5-7-9-11-13-15-17-19-21-23-24-26-28-30-32-34-36-38-40-42-44-51(54)60-49(48-59-61(55,56)58-46-45-52)47-57-50(53)43-41-39-37-35-33-31-29-27-25-22-20-18-16-14-12-10-8-6-4-2/h17,19,49H,3-16,18,20-48,52H2,1-2H3,(H,55,56)/t49-/m1/s1. The van der Waals surface area contributed by atoms with Crippen LogP contribution in [0.15, 0.2) is 12.2 Å². The number of hydrogen-bond donors (Lipinski definition) is 2. The Labute approximate surface area is 377 Å². The van der Waals surface area contributed by atoms with Crippen LogP contribution >= 0.6 is 7.82 Å². The zero-order chi connectivity index (χ0) is 44.6. The van der Waals surface area contributed by atoms with Crippen molar-refractivity contribution in [2.75, 3.05) is 26.4 Å². The summed E-state index contributed by atoms with van der Waals surface area (Å²) >= 11 is 0. The van der Waals surface area contributed by atoms with Gasteiger partial charge in [-0.15, -0.1) is 0 Å². The maximum absolute atomic E-state index is 12.7. The maximum atomic E-state index is 12.7. The summed E-state index contributed by atoms with van der Waals surface area (Å²) in [6.45, 7) is 3.79. The normalized spacial score (nSPS) is 13.2. The van der Waals surface area contributed by atoms with Gasteiger partial charge >= 0.3 is 19.8 Å². The molecule has 0 aromatic carbocycles.